The Morgan fingerprint density at radius 1 is 1.55 bits per heavy atom. The van der Waals surface area contributed by atoms with Crippen molar-refractivity contribution in [2.24, 2.45) is 0 Å². The van der Waals surface area contributed by atoms with Crippen LogP contribution in [0.15, 0.2) is 22.3 Å². The minimum Gasteiger partial charge on any atom is -0.312 e. The molecule has 0 unspecified atom stereocenters. The Bertz CT molecular complexity index is 445. The molecule has 0 saturated carbocycles. The zero-order valence-corrected chi connectivity index (χ0v) is 7.00. The number of pyridine rings is 1. The first-order valence-corrected chi connectivity index (χ1v) is 4.29. The summed E-state index contributed by atoms with van der Waals surface area (Å²) in [4.78, 5) is 13.6. The number of aromatic nitrogens is 1. The summed E-state index contributed by atoms with van der Waals surface area (Å²) in [7, 11) is 0. The van der Waals surface area contributed by atoms with Gasteiger partial charge in [0.2, 0.25) is 0 Å². The summed E-state index contributed by atoms with van der Waals surface area (Å²) in [5.74, 6) is 0. The third-order valence-electron chi connectivity index (χ3n) is 1.43. The maximum atomic E-state index is 11.1. The summed E-state index contributed by atoms with van der Waals surface area (Å²) >= 11 is 7.14. The highest BCUT2D eigenvalue weighted by Gasteiger charge is 1.99. The molecule has 0 saturated heterocycles. The maximum absolute atomic E-state index is 11.1. The van der Waals surface area contributed by atoms with Crippen LogP contribution in [0.4, 0.5) is 0 Å². The van der Waals surface area contributed by atoms with Gasteiger partial charge in [-0.1, -0.05) is 11.6 Å². The zero-order chi connectivity index (χ0) is 7.84. The second-order valence-corrected chi connectivity index (χ2v) is 3.50. The third kappa shape index (κ3) is 1.06. The predicted octanol–water partition coefficient (Wildman–Crippen LogP) is 2.24. The van der Waals surface area contributed by atoms with E-state index in [-0.39, 0.29) is 5.56 Å². The van der Waals surface area contributed by atoms with Crippen molar-refractivity contribution < 1.29 is 0 Å². The predicted molar refractivity (Wildman–Crippen MR) is 47.5 cm³/mol. The van der Waals surface area contributed by atoms with Gasteiger partial charge < -0.3 is 4.98 Å². The molecule has 2 aromatic rings. The van der Waals surface area contributed by atoms with E-state index in [1.54, 1.807) is 12.1 Å². The fourth-order valence-corrected chi connectivity index (χ4v) is 2.03. The number of H-pyrrole nitrogens is 1. The topological polar surface area (TPSA) is 32.9 Å². The zero-order valence-electron chi connectivity index (χ0n) is 5.43. The molecule has 0 fully saturated rings. The molecule has 2 heterocycles. The number of rotatable bonds is 0. The van der Waals surface area contributed by atoms with Crippen LogP contribution < -0.4 is 5.56 Å². The molecule has 0 bridgehead atoms. The van der Waals surface area contributed by atoms with Gasteiger partial charge in [0.1, 0.15) is 5.15 Å². The minimum atomic E-state index is -0.117. The molecule has 0 aromatic carbocycles. The lowest BCUT2D eigenvalue weighted by Gasteiger charge is -1.88. The van der Waals surface area contributed by atoms with Crippen molar-refractivity contribution in [1.29, 1.82) is 0 Å². The molecule has 2 rings (SSSR count). The molecule has 2 aromatic heterocycles. The summed E-state index contributed by atoms with van der Waals surface area (Å²) in [5.41, 5.74) is -0.117. The first-order valence-electron chi connectivity index (χ1n) is 3.03. The quantitative estimate of drug-likeness (QED) is 0.628. The molecule has 4 heteroatoms. The van der Waals surface area contributed by atoms with Gasteiger partial charge in [0.25, 0.3) is 5.56 Å². The lowest BCUT2D eigenvalue weighted by Crippen LogP contribution is -2.03. The largest absolute Gasteiger partial charge is 0.312 e. The molecule has 0 amide bonds. The molecular formula is C7H4ClNOS. The Balaban J connectivity index is 3.02. The van der Waals surface area contributed by atoms with Crippen molar-refractivity contribution in [3.8, 4) is 0 Å². The summed E-state index contributed by atoms with van der Waals surface area (Å²) < 4.78 is 0.929. The van der Waals surface area contributed by atoms with Crippen molar-refractivity contribution in [2.75, 3.05) is 0 Å². The minimum absolute atomic E-state index is 0.117. The van der Waals surface area contributed by atoms with Gasteiger partial charge in [0.15, 0.2) is 0 Å². The Kier molecular flexibility index (Phi) is 1.47. The molecule has 11 heavy (non-hydrogen) atoms. The van der Waals surface area contributed by atoms with E-state index in [1.807, 2.05) is 5.38 Å². The van der Waals surface area contributed by atoms with Crippen molar-refractivity contribution in [2.45, 2.75) is 0 Å². The standard InChI is InChI=1S/C7H4ClNOS/c8-6-3-5-4(1-2-11-5)7(10)9-6/h1-3H,(H,9,10). The average Bonchev–Trinajstić information content (AvgIpc) is 2.34. The van der Waals surface area contributed by atoms with Gasteiger partial charge in [-0.3, -0.25) is 4.79 Å². The number of hydrogen-bond donors (Lipinski definition) is 1. The van der Waals surface area contributed by atoms with Crippen LogP contribution in [0.3, 0.4) is 0 Å². The molecule has 2 nitrogen and oxygen atoms in total. The van der Waals surface area contributed by atoms with E-state index in [1.165, 1.54) is 11.3 Å². The smallest absolute Gasteiger partial charge is 0.257 e. The van der Waals surface area contributed by atoms with Gasteiger partial charge in [-0.2, -0.15) is 0 Å². The number of nitrogens with one attached hydrogen (secondary N) is 1. The van der Waals surface area contributed by atoms with Crippen molar-refractivity contribution in [1.82, 2.24) is 4.98 Å². The molecule has 56 valence electrons. The van der Waals surface area contributed by atoms with Gasteiger partial charge in [-0.25, -0.2) is 0 Å². The fraction of sp³-hybridized carbons (Fsp3) is 0. The molecule has 1 N–H and O–H groups in total. The SMILES string of the molecule is O=c1[nH]c(Cl)cc2sccc12. The molecule has 0 atom stereocenters. The van der Waals surface area contributed by atoms with Crippen molar-refractivity contribution in [3.63, 3.8) is 0 Å². The van der Waals surface area contributed by atoms with Crippen LogP contribution in [0.1, 0.15) is 0 Å². The Labute approximate surface area is 71.4 Å². The van der Waals surface area contributed by atoms with Crippen LogP contribution in [0.5, 0.6) is 0 Å². The van der Waals surface area contributed by atoms with Crippen LogP contribution in [-0.4, -0.2) is 4.98 Å². The number of aromatic amines is 1. The number of fused-ring (bicyclic) bond motifs is 1. The molecule has 0 spiro atoms. The Morgan fingerprint density at radius 3 is 3.18 bits per heavy atom. The fourth-order valence-electron chi connectivity index (χ4n) is 0.947. The van der Waals surface area contributed by atoms with Crippen molar-refractivity contribution in [3.05, 3.63) is 33.0 Å². The molecule has 0 radical (unpaired) electrons. The molecular weight excluding hydrogens is 182 g/mol. The lowest BCUT2D eigenvalue weighted by atomic mass is 10.3. The van der Waals surface area contributed by atoms with E-state index in [9.17, 15) is 4.79 Å². The van der Waals surface area contributed by atoms with Crippen LogP contribution in [0, 0.1) is 0 Å². The third-order valence-corrected chi connectivity index (χ3v) is 2.50. The normalized spacial score (nSPS) is 10.6. The van der Waals surface area contributed by atoms with Gasteiger partial charge in [0, 0.05) is 4.70 Å². The maximum Gasteiger partial charge on any atom is 0.257 e. The highest BCUT2D eigenvalue weighted by atomic mass is 35.5. The Hall–Kier alpha value is -0.800. The number of thiophene rings is 1. The summed E-state index contributed by atoms with van der Waals surface area (Å²) in [6.45, 7) is 0. The van der Waals surface area contributed by atoms with Crippen LogP contribution in [0.25, 0.3) is 10.1 Å². The van der Waals surface area contributed by atoms with Crippen molar-refractivity contribution >= 4 is 33.0 Å². The monoisotopic (exact) mass is 185 g/mol. The van der Waals surface area contributed by atoms with Crippen LogP contribution in [-0.2, 0) is 0 Å². The summed E-state index contributed by atoms with van der Waals surface area (Å²) in [6.07, 6.45) is 0. The van der Waals surface area contributed by atoms with E-state index in [4.69, 9.17) is 11.6 Å². The van der Waals surface area contributed by atoms with Gasteiger partial charge >= 0.3 is 0 Å². The molecule has 0 aliphatic heterocycles. The van der Waals surface area contributed by atoms with Gasteiger partial charge in [-0.05, 0) is 17.5 Å². The van der Waals surface area contributed by atoms with Crippen LogP contribution in [0.2, 0.25) is 5.15 Å². The second kappa shape index (κ2) is 2.36. The van der Waals surface area contributed by atoms with E-state index < -0.39 is 0 Å². The summed E-state index contributed by atoms with van der Waals surface area (Å²) in [6, 6.07) is 3.54. The van der Waals surface area contributed by atoms with Crippen LogP contribution >= 0.6 is 22.9 Å². The van der Waals surface area contributed by atoms with E-state index >= 15 is 0 Å². The average molecular weight is 186 g/mol. The van der Waals surface area contributed by atoms with E-state index in [0.29, 0.717) is 10.5 Å². The molecule has 0 aliphatic carbocycles. The van der Waals surface area contributed by atoms with E-state index in [2.05, 4.69) is 4.98 Å². The van der Waals surface area contributed by atoms with E-state index in [0.717, 1.165) is 4.70 Å². The summed E-state index contributed by atoms with van der Waals surface area (Å²) in [5, 5.41) is 2.97. The second-order valence-electron chi connectivity index (χ2n) is 2.14. The number of halogens is 1. The van der Waals surface area contributed by atoms with Gasteiger partial charge in [0.05, 0.1) is 5.39 Å². The highest BCUT2D eigenvalue weighted by molar-refractivity contribution is 7.17. The highest BCUT2D eigenvalue weighted by Crippen LogP contribution is 2.18. The first-order chi connectivity index (χ1) is 5.27. The number of hydrogen-bond acceptors (Lipinski definition) is 2. The lowest BCUT2D eigenvalue weighted by molar-refractivity contribution is 1.28. The Morgan fingerprint density at radius 2 is 2.36 bits per heavy atom. The first kappa shape index (κ1) is 6.88. The van der Waals surface area contributed by atoms with Gasteiger partial charge in [-0.15, -0.1) is 11.3 Å². The molecule has 0 aliphatic rings.